The van der Waals surface area contributed by atoms with Crippen molar-refractivity contribution >= 4 is 12.1 Å². The number of amides is 1. The zero-order chi connectivity index (χ0) is 13.6. The highest BCUT2D eigenvalue weighted by atomic mass is 16.6. The molecule has 0 aliphatic rings. The van der Waals surface area contributed by atoms with Crippen molar-refractivity contribution in [2.45, 2.75) is 46.6 Å². The molecule has 0 aliphatic carbocycles. The Kier molecular flexibility index (Phi) is 5.99. The first-order chi connectivity index (χ1) is 7.61. The third-order valence-corrected chi connectivity index (χ3v) is 1.83. The summed E-state index contributed by atoms with van der Waals surface area (Å²) in [5, 5.41) is 8.63. The average Bonchev–Trinajstić information content (AvgIpc) is 2.08. The molecule has 0 unspecified atom stereocenters. The normalized spacial score (nSPS) is 11.4. The van der Waals surface area contributed by atoms with Gasteiger partial charge in [-0.1, -0.05) is 13.8 Å². The van der Waals surface area contributed by atoms with Crippen LogP contribution < -0.4 is 0 Å². The molecule has 0 aromatic heterocycles. The van der Waals surface area contributed by atoms with E-state index in [-0.39, 0.29) is 18.9 Å². The number of ether oxygens (including phenoxy) is 1. The minimum absolute atomic E-state index is 0.0635. The molecule has 1 amide bonds. The molecule has 0 aliphatic heterocycles. The van der Waals surface area contributed by atoms with Gasteiger partial charge in [-0.25, -0.2) is 4.79 Å². The van der Waals surface area contributed by atoms with E-state index in [0.717, 1.165) is 0 Å². The molecule has 0 radical (unpaired) electrons. The molecule has 0 bridgehead atoms. The molecular weight excluding hydrogens is 222 g/mol. The van der Waals surface area contributed by atoms with Crippen molar-refractivity contribution in [3.8, 4) is 0 Å². The summed E-state index contributed by atoms with van der Waals surface area (Å²) in [6.45, 7) is 9.99. The van der Waals surface area contributed by atoms with Crippen LogP contribution in [0.3, 0.4) is 0 Å². The lowest BCUT2D eigenvalue weighted by Gasteiger charge is -2.28. The number of carbonyl (C=O) groups excluding carboxylic acids is 1. The largest absolute Gasteiger partial charge is 0.481 e. The van der Waals surface area contributed by atoms with Gasteiger partial charge in [-0.05, 0) is 26.7 Å². The van der Waals surface area contributed by atoms with Gasteiger partial charge in [-0.15, -0.1) is 0 Å². The van der Waals surface area contributed by atoms with Crippen molar-refractivity contribution in [1.29, 1.82) is 0 Å². The van der Waals surface area contributed by atoms with E-state index in [4.69, 9.17) is 9.84 Å². The predicted molar refractivity (Wildman–Crippen MR) is 64.9 cm³/mol. The molecule has 0 spiro atoms. The Morgan fingerprint density at radius 3 is 2.18 bits per heavy atom. The summed E-state index contributed by atoms with van der Waals surface area (Å²) in [5.74, 6) is -0.640. The monoisotopic (exact) mass is 245 g/mol. The van der Waals surface area contributed by atoms with Crippen LogP contribution in [0.5, 0.6) is 0 Å². The molecule has 17 heavy (non-hydrogen) atoms. The van der Waals surface area contributed by atoms with Gasteiger partial charge in [0.15, 0.2) is 0 Å². The van der Waals surface area contributed by atoms with Crippen LogP contribution in [-0.2, 0) is 9.53 Å². The summed E-state index contributed by atoms with van der Waals surface area (Å²) in [5.41, 5.74) is -0.560. The van der Waals surface area contributed by atoms with Crippen LogP contribution in [0.15, 0.2) is 0 Å². The zero-order valence-electron chi connectivity index (χ0n) is 11.3. The summed E-state index contributed by atoms with van der Waals surface area (Å²) >= 11 is 0. The molecule has 5 heteroatoms. The van der Waals surface area contributed by atoms with Gasteiger partial charge in [0.25, 0.3) is 0 Å². The zero-order valence-corrected chi connectivity index (χ0v) is 11.3. The van der Waals surface area contributed by atoms with E-state index in [9.17, 15) is 9.59 Å². The predicted octanol–water partition coefficient (Wildman–Crippen LogP) is 2.35. The summed E-state index contributed by atoms with van der Waals surface area (Å²) in [6, 6.07) is 0. The maximum Gasteiger partial charge on any atom is 0.410 e. The molecule has 0 aromatic rings. The van der Waals surface area contributed by atoms with E-state index in [0.29, 0.717) is 6.54 Å². The molecule has 0 saturated heterocycles. The molecule has 1 N–H and O–H groups in total. The standard InChI is InChI=1S/C12H23NO4/c1-9(2)8-13(7-6-10(14)15)11(16)17-12(3,4)5/h9H,6-8H2,1-5H3,(H,14,15). The van der Waals surface area contributed by atoms with Gasteiger partial charge in [0.2, 0.25) is 0 Å². The summed E-state index contributed by atoms with van der Waals surface area (Å²) in [4.78, 5) is 23.8. The Labute approximate surface area is 103 Å². The van der Waals surface area contributed by atoms with Gasteiger partial charge < -0.3 is 14.7 Å². The van der Waals surface area contributed by atoms with E-state index in [1.807, 2.05) is 13.8 Å². The van der Waals surface area contributed by atoms with Crippen LogP contribution in [0, 0.1) is 5.92 Å². The number of carboxylic acids is 1. The van der Waals surface area contributed by atoms with Crippen molar-refractivity contribution in [2.75, 3.05) is 13.1 Å². The van der Waals surface area contributed by atoms with Crippen LogP contribution in [0.2, 0.25) is 0 Å². The highest BCUT2D eigenvalue weighted by Crippen LogP contribution is 2.11. The Bertz CT molecular complexity index is 268. The second-order valence-corrected chi connectivity index (χ2v) is 5.46. The minimum Gasteiger partial charge on any atom is -0.481 e. The molecular formula is C12H23NO4. The van der Waals surface area contributed by atoms with Crippen molar-refractivity contribution in [3.63, 3.8) is 0 Å². The highest BCUT2D eigenvalue weighted by molar-refractivity contribution is 5.70. The van der Waals surface area contributed by atoms with Gasteiger partial charge in [0.05, 0.1) is 6.42 Å². The van der Waals surface area contributed by atoms with Crippen LogP contribution in [-0.4, -0.2) is 40.8 Å². The molecule has 0 rings (SSSR count). The fourth-order valence-corrected chi connectivity index (χ4v) is 1.25. The molecule has 0 aromatic carbocycles. The van der Waals surface area contributed by atoms with E-state index in [1.54, 1.807) is 20.8 Å². The number of hydrogen-bond donors (Lipinski definition) is 1. The van der Waals surface area contributed by atoms with E-state index in [1.165, 1.54) is 4.90 Å². The fourth-order valence-electron chi connectivity index (χ4n) is 1.25. The third kappa shape index (κ3) is 8.54. The van der Waals surface area contributed by atoms with Crippen molar-refractivity contribution in [2.24, 2.45) is 5.92 Å². The lowest BCUT2D eigenvalue weighted by Crippen LogP contribution is -2.40. The second kappa shape index (κ2) is 6.47. The van der Waals surface area contributed by atoms with Crippen molar-refractivity contribution in [3.05, 3.63) is 0 Å². The van der Waals surface area contributed by atoms with E-state index < -0.39 is 17.7 Å². The van der Waals surface area contributed by atoms with Crippen LogP contribution in [0.1, 0.15) is 41.0 Å². The molecule has 0 saturated carbocycles. The second-order valence-electron chi connectivity index (χ2n) is 5.46. The van der Waals surface area contributed by atoms with Gasteiger partial charge in [0, 0.05) is 13.1 Å². The molecule has 100 valence electrons. The number of carboxylic acid groups (broad SMARTS) is 1. The number of nitrogens with zero attached hydrogens (tertiary/aromatic N) is 1. The van der Waals surface area contributed by atoms with Gasteiger partial charge in [-0.2, -0.15) is 0 Å². The third-order valence-electron chi connectivity index (χ3n) is 1.83. The Balaban J connectivity index is 4.45. The first kappa shape index (κ1) is 15.7. The first-order valence-electron chi connectivity index (χ1n) is 5.81. The Morgan fingerprint density at radius 2 is 1.82 bits per heavy atom. The van der Waals surface area contributed by atoms with Crippen LogP contribution >= 0.6 is 0 Å². The maximum atomic E-state index is 11.8. The fraction of sp³-hybridized carbons (Fsp3) is 0.833. The average molecular weight is 245 g/mol. The number of rotatable bonds is 5. The SMILES string of the molecule is CC(C)CN(CCC(=O)O)C(=O)OC(C)(C)C. The Morgan fingerprint density at radius 1 is 1.29 bits per heavy atom. The highest BCUT2D eigenvalue weighted by Gasteiger charge is 2.22. The van der Waals surface area contributed by atoms with Crippen LogP contribution in [0.4, 0.5) is 4.79 Å². The molecule has 0 heterocycles. The topological polar surface area (TPSA) is 66.8 Å². The number of hydrogen-bond acceptors (Lipinski definition) is 3. The first-order valence-corrected chi connectivity index (χ1v) is 5.81. The van der Waals surface area contributed by atoms with Gasteiger partial charge >= 0.3 is 12.1 Å². The maximum absolute atomic E-state index is 11.8. The van der Waals surface area contributed by atoms with Gasteiger partial charge in [-0.3, -0.25) is 4.79 Å². The molecule has 5 nitrogen and oxygen atoms in total. The summed E-state index contributed by atoms with van der Waals surface area (Å²) in [7, 11) is 0. The molecule has 0 fully saturated rings. The van der Waals surface area contributed by atoms with Gasteiger partial charge in [0.1, 0.15) is 5.60 Å². The molecule has 0 atom stereocenters. The number of carbonyl (C=O) groups is 2. The Hall–Kier alpha value is -1.26. The lowest BCUT2D eigenvalue weighted by molar-refractivity contribution is -0.137. The van der Waals surface area contributed by atoms with E-state index in [2.05, 4.69) is 0 Å². The van der Waals surface area contributed by atoms with E-state index >= 15 is 0 Å². The smallest absolute Gasteiger partial charge is 0.410 e. The lowest BCUT2D eigenvalue weighted by atomic mass is 10.2. The summed E-state index contributed by atoms with van der Waals surface area (Å²) < 4.78 is 5.23. The van der Waals surface area contributed by atoms with Crippen molar-refractivity contribution < 1.29 is 19.4 Å². The number of aliphatic carboxylic acids is 1. The van der Waals surface area contributed by atoms with Crippen molar-refractivity contribution in [1.82, 2.24) is 4.90 Å². The minimum atomic E-state index is -0.915. The summed E-state index contributed by atoms with van der Waals surface area (Å²) in [6.07, 6.45) is -0.515. The quantitative estimate of drug-likeness (QED) is 0.807. The van der Waals surface area contributed by atoms with Crippen LogP contribution in [0.25, 0.3) is 0 Å².